The van der Waals surface area contributed by atoms with Gasteiger partial charge in [-0.1, -0.05) is 29.8 Å². The van der Waals surface area contributed by atoms with Crippen LogP contribution in [0.5, 0.6) is 5.75 Å². The number of hydrogen-bond acceptors (Lipinski definition) is 3. The molecule has 0 bridgehead atoms. The summed E-state index contributed by atoms with van der Waals surface area (Å²) >= 11 is 3.34. The first kappa shape index (κ1) is 16.2. The summed E-state index contributed by atoms with van der Waals surface area (Å²) in [7, 11) is 0.0450. The fourth-order valence-corrected chi connectivity index (χ4v) is 3.76. The van der Waals surface area contributed by atoms with E-state index in [1.165, 1.54) is 7.11 Å². The van der Waals surface area contributed by atoms with E-state index in [9.17, 15) is 9.00 Å². The Morgan fingerprint density at radius 2 is 2.11 bits per heavy atom. The Morgan fingerprint density at radius 1 is 1.47 bits per heavy atom. The second kappa shape index (κ2) is 7.05. The lowest BCUT2D eigenvalue weighted by Crippen LogP contribution is -2.31. The molecule has 2 atom stereocenters. The number of aliphatic carboxylic acids is 1. The van der Waals surface area contributed by atoms with Crippen molar-refractivity contribution in [2.45, 2.75) is 24.9 Å². The highest BCUT2D eigenvalue weighted by atomic mass is 79.9. The van der Waals surface area contributed by atoms with Crippen molar-refractivity contribution in [1.29, 1.82) is 0 Å². The summed E-state index contributed by atoms with van der Waals surface area (Å²) < 4.78 is 18.3. The van der Waals surface area contributed by atoms with Crippen molar-refractivity contribution in [1.82, 2.24) is 0 Å². The molecule has 19 heavy (non-hydrogen) atoms. The van der Waals surface area contributed by atoms with E-state index in [2.05, 4.69) is 15.9 Å². The first-order valence-corrected chi connectivity index (χ1v) is 7.96. The quantitative estimate of drug-likeness (QED) is 0.858. The Hall–Kier alpha value is -0.880. The van der Waals surface area contributed by atoms with Gasteiger partial charge in [0.1, 0.15) is 11.0 Å². The number of ether oxygens (including phenoxy) is 1. The fraction of sp³-hybridized carbons (Fsp3) is 0.462. The molecule has 0 radical (unpaired) electrons. The second-order valence-electron chi connectivity index (χ2n) is 4.48. The van der Waals surface area contributed by atoms with Gasteiger partial charge in [0, 0.05) is 20.8 Å². The molecule has 0 aliphatic heterocycles. The number of carboxylic acid groups (broad SMARTS) is 1. The van der Waals surface area contributed by atoms with Gasteiger partial charge in [-0.15, -0.1) is 0 Å². The molecule has 0 heterocycles. The normalized spacial score (nSPS) is 14.2. The smallest absolute Gasteiger partial charge is 0.319 e. The lowest BCUT2D eigenvalue weighted by Gasteiger charge is -2.16. The standard InChI is InChI=1S/C13H17BrO4S/c1-8(2)12(13(15)16)19(17)7-9-6-10(14)4-5-11(9)18-3/h4-6,8,12H,7H2,1-3H3,(H,15,16). The van der Waals surface area contributed by atoms with Gasteiger partial charge in [0.25, 0.3) is 0 Å². The van der Waals surface area contributed by atoms with Gasteiger partial charge in [-0.05, 0) is 24.1 Å². The molecule has 0 aliphatic rings. The molecule has 2 unspecified atom stereocenters. The van der Waals surface area contributed by atoms with E-state index in [0.29, 0.717) is 5.75 Å². The molecule has 1 N–H and O–H groups in total. The number of benzene rings is 1. The van der Waals surface area contributed by atoms with E-state index in [1.54, 1.807) is 26.0 Å². The molecule has 0 aliphatic carbocycles. The van der Waals surface area contributed by atoms with E-state index in [1.807, 2.05) is 6.07 Å². The molecule has 4 nitrogen and oxygen atoms in total. The molecular formula is C13H17BrO4S. The van der Waals surface area contributed by atoms with E-state index in [-0.39, 0.29) is 11.7 Å². The summed E-state index contributed by atoms with van der Waals surface area (Å²) in [4.78, 5) is 11.2. The summed E-state index contributed by atoms with van der Waals surface area (Å²) in [6.07, 6.45) is 0. The third-order valence-corrected chi connectivity index (χ3v) is 5.07. The van der Waals surface area contributed by atoms with Crippen LogP contribution in [0.1, 0.15) is 19.4 Å². The molecular weight excluding hydrogens is 332 g/mol. The third-order valence-electron chi connectivity index (χ3n) is 2.67. The van der Waals surface area contributed by atoms with Gasteiger partial charge in [0.05, 0.1) is 12.9 Å². The fourth-order valence-electron chi connectivity index (χ4n) is 1.80. The molecule has 1 aromatic rings. The van der Waals surface area contributed by atoms with E-state index < -0.39 is 22.0 Å². The highest BCUT2D eigenvalue weighted by Gasteiger charge is 2.28. The highest BCUT2D eigenvalue weighted by Crippen LogP contribution is 2.25. The monoisotopic (exact) mass is 348 g/mol. The van der Waals surface area contributed by atoms with Crippen molar-refractivity contribution in [3.63, 3.8) is 0 Å². The van der Waals surface area contributed by atoms with Gasteiger partial charge in [0.2, 0.25) is 0 Å². The Morgan fingerprint density at radius 3 is 2.58 bits per heavy atom. The lowest BCUT2D eigenvalue weighted by molar-refractivity contribution is -0.137. The molecule has 0 fully saturated rings. The van der Waals surface area contributed by atoms with Gasteiger partial charge < -0.3 is 9.84 Å². The third kappa shape index (κ3) is 4.31. The molecule has 1 rings (SSSR count). The Bertz CT molecular complexity index is 488. The highest BCUT2D eigenvalue weighted by molar-refractivity contribution is 9.10. The summed E-state index contributed by atoms with van der Waals surface area (Å²) in [5, 5.41) is 8.27. The van der Waals surface area contributed by atoms with Crippen LogP contribution in [0.4, 0.5) is 0 Å². The van der Waals surface area contributed by atoms with Gasteiger partial charge >= 0.3 is 5.97 Å². The number of hydrogen-bond donors (Lipinski definition) is 1. The van der Waals surface area contributed by atoms with Crippen molar-refractivity contribution in [2.24, 2.45) is 5.92 Å². The van der Waals surface area contributed by atoms with Crippen molar-refractivity contribution < 1.29 is 18.8 Å². The molecule has 0 spiro atoms. The second-order valence-corrected chi connectivity index (χ2v) is 6.96. The number of halogens is 1. The number of carboxylic acids is 1. The summed E-state index contributed by atoms with van der Waals surface area (Å²) in [5.74, 6) is -0.430. The largest absolute Gasteiger partial charge is 0.496 e. The van der Waals surface area contributed by atoms with Crippen LogP contribution < -0.4 is 4.74 Å². The zero-order valence-corrected chi connectivity index (χ0v) is 13.5. The average Bonchev–Trinajstić information content (AvgIpc) is 2.27. The molecule has 6 heteroatoms. The average molecular weight is 349 g/mol. The van der Waals surface area contributed by atoms with Crippen LogP contribution in [0, 0.1) is 5.92 Å². The molecule has 0 saturated carbocycles. The van der Waals surface area contributed by atoms with Crippen LogP contribution in [0.3, 0.4) is 0 Å². The van der Waals surface area contributed by atoms with E-state index >= 15 is 0 Å². The lowest BCUT2D eigenvalue weighted by atomic mass is 10.1. The van der Waals surface area contributed by atoms with Crippen molar-refractivity contribution in [3.05, 3.63) is 28.2 Å². The summed E-state index contributed by atoms with van der Waals surface area (Å²) in [5.41, 5.74) is 0.738. The molecule has 1 aromatic carbocycles. The van der Waals surface area contributed by atoms with Crippen LogP contribution in [0.15, 0.2) is 22.7 Å². The maximum Gasteiger partial charge on any atom is 0.319 e. The Balaban J connectivity index is 2.98. The van der Waals surface area contributed by atoms with E-state index in [4.69, 9.17) is 9.84 Å². The molecule has 0 amide bonds. The van der Waals surface area contributed by atoms with Gasteiger partial charge in [-0.25, -0.2) is 0 Å². The van der Waals surface area contributed by atoms with E-state index in [0.717, 1.165) is 10.0 Å². The van der Waals surface area contributed by atoms with Crippen LogP contribution in [-0.2, 0) is 21.3 Å². The van der Waals surface area contributed by atoms with Gasteiger partial charge in [-0.3, -0.25) is 9.00 Å². The minimum atomic E-state index is -1.49. The van der Waals surface area contributed by atoms with Crippen molar-refractivity contribution >= 4 is 32.7 Å². The van der Waals surface area contributed by atoms with Crippen LogP contribution >= 0.6 is 15.9 Å². The topological polar surface area (TPSA) is 63.6 Å². The van der Waals surface area contributed by atoms with Crippen LogP contribution in [-0.4, -0.2) is 27.6 Å². The number of rotatable bonds is 6. The minimum Gasteiger partial charge on any atom is -0.496 e. The minimum absolute atomic E-state index is 0.164. The Kier molecular flexibility index (Phi) is 6.00. The zero-order valence-electron chi connectivity index (χ0n) is 11.1. The first-order chi connectivity index (χ1) is 8.86. The molecule has 0 aromatic heterocycles. The van der Waals surface area contributed by atoms with Gasteiger partial charge in [0.15, 0.2) is 0 Å². The molecule has 106 valence electrons. The SMILES string of the molecule is COc1ccc(Br)cc1CS(=O)C(C(=O)O)C(C)C. The van der Waals surface area contributed by atoms with Gasteiger partial charge in [-0.2, -0.15) is 0 Å². The number of methoxy groups -OCH3 is 1. The predicted molar refractivity (Wildman–Crippen MR) is 78.8 cm³/mol. The Labute approximate surface area is 123 Å². The maximum absolute atomic E-state index is 12.2. The zero-order chi connectivity index (χ0) is 14.6. The predicted octanol–water partition coefficient (Wildman–Crippen LogP) is 2.82. The number of carbonyl (C=O) groups is 1. The van der Waals surface area contributed by atoms with Crippen molar-refractivity contribution in [2.75, 3.05) is 7.11 Å². The summed E-state index contributed by atoms with van der Waals surface area (Å²) in [6.45, 7) is 3.52. The van der Waals surface area contributed by atoms with Crippen LogP contribution in [0.2, 0.25) is 0 Å². The summed E-state index contributed by atoms with van der Waals surface area (Å²) in [6, 6.07) is 5.39. The maximum atomic E-state index is 12.2. The first-order valence-electron chi connectivity index (χ1n) is 5.79. The van der Waals surface area contributed by atoms with Crippen molar-refractivity contribution in [3.8, 4) is 5.75 Å². The molecule has 0 saturated heterocycles. The van der Waals surface area contributed by atoms with Crippen LogP contribution in [0.25, 0.3) is 0 Å².